The number of rotatable bonds is 3. The zero-order valence-corrected chi connectivity index (χ0v) is 14.5. The summed E-state index contributed by atoms with van der Waals surface area (Å²) >= 11 is 0. The lowest BCUT2D eigenvalue weighted by Gasteiger charge is -2.19. The van der Waals surface area contributed by atoms with Crippen LogP contribution in [0.25, 0.3) is 5.57 Å². The zero-order chi connectivity index (χ0) is 16.6. The van der Waals surface area contributed by atoms with Gasteiger partial charge in [0.05, 0.1) is 11.7 Å². The lowest BCUT2D eigenvalue weighted by Crippen LogP contribution is -2.13. The molecule has 1 saturated carbocycles. The lowest BCUT2D eigenvalue weighted by molar-refractivity contribution is -0.120. The fourth-order valence-electron chi connectivity index (χ4n) is 3.89. The zero-order valence-electron chi connectivity index (χ0n) is 14.5. The normalized spacial score (nSPS) is 26.6. The van der Waals surface area contributed by atoms with Crippen molar-refractivity contribution in [2.45, 2.75) is 46.1 Å². The molecule has 2 atom stereocenters. The van der Waals surface area contributed by atoms with E-state index in [9.17, 15) is 4.79 Å². The Hall–Kier alpha value is -1.84. The first-order chi connectivity index (χ1) is 10.9. The maximum Gasteiger partial charge on any atom is 0.138 e. The molecule has 1 fully saturated rings. The summed E-state index contributed by atoms with van der Waals surface area (Å²) < 4.78 is 2.13. The molecule has 0 aromatic carbocycles. The molecule has 1 aromatic heterocycles. The molecule has 0 saturated heterocycles. The Morgan fingerprint density at radius 1 is 1.30 bits per heavy atom. The molecular weight excluding hydrogens is 283 g/mol. The van der Waals surface area contributed by atoms with Gasteiger partial charge in [0, 0.05) is 17.5 Å². The summed E-state index contributed by atoms with van der Waals surface area (Å²) in [5.41, 5.74) is 3.68. The minimum Gasteiger partial charge on any atom is -0.300 e. The Morgan fingerprint density at radius 3 is 2.78 bits per heavy atom. The van der Waals surface area contributed by atoms with Crippen LogP contribution in [0.3, 0.4) is 0 Å². The Bertz CT molecular complexity index is 709. The van der Waals surface area contributed by atoms with Crippen molar-refractivity contribution in [1.82, 2.24) is 9.78 Å². The van der Waals surface area contributed by atoms with E-state index in [-0.39, 0.29) is 11.3 Å². The van der Waals surface area contributed by atoms with E-state index in [0.29, 0.717) is 11.8 Å². The number of Topliss-reactive ketones (excluding diaryl/α,β-unsaturated/α-hetero) is 1. The first-order valence-corrected chi connectivity index (χ1v) is 8.50. The van der Waals surface area contributed by atoms with Crippen LogP contribution in [-0.4, -0.2) is 23.4 Å². The largest absolute Gasteiger partial charge is 0.300 e. The van der Waals surface area contributed by atoms with Gasteiger partial charge in [-0.1, -0.05) is 43.6 Å². The van der Waals surface area contributed by atoms with Crippen molar-refractivity contribution in [2.24, 2.45) is 11.3 Å². The van der Waals surface area contributed by atoms with Crippen molar-refractivity contribution in [3.63, 3.8) is 0 Å². The van der Waals surface area contributed by atoms with Crippen LogP contribution in [0.15, 0.2) is 42.0 Å². The van der Waals surface area contributed by atoms with Crippen LogP contribution in [0.5, 0.6) is 0 Å². The molecule has 2 aliphatic rings. The fourth-order valence-corrected chi connectivity index (χ4v) is 3.89. The topological polar surface area (TPSA) is 34.9 Å². The summed E-state index contributed by atoms with van der Waals surface area (Å²) in [5.74, 6) is 0.520. The molecule has 1 aromatic rings. The number of carbonyl (C=O) groups is 1. The highest BCUT2D eigenvalue weighted by Crippen LogP contribution is 2.37. The van der Waals surface area contributed by atoms with Gasteiger partial charge in [0.25, 0.3) is 0 Å². The standard InChI is InChI=1S/C19H25BN2O/c1-13(23)14-5-7-17(10-14)22-18(8-9-21-22)15-4-6-16(20)12-19(2,3)11-15/h4,6,8-9,11-12,14,17H,5,7,10,20H2,1-3H3/t14-,17?/m0/s1. The molecule has 0 aliphatic heterocycles. The van der Waals surface area contributed by atoms with E-state index in [1.54, 1.807) is 6.92 Å². The van der Waals surface area contributed by atoms with Crippen LogP contribution in [0.4, 0.5) is 0 Å². The van der Waals surface area contributed by atoms with Crippen LogP contribution >= 0.6 is 0 Å². The van der Waals surface area contributed by atoms with E-state index < -0.39 is 0 Å². The van der Waals surface area contributed by atoms with E-state index >= 15 is 0 Å². The molecule has 0 N–H and O–H groups in total. The minimum absolute atomic E-state index is 0.0234. The maximum atomic E-state index is 11.7. The molecule has 1 unspecified atom stereocenters. The van der Waals surface area contributed by atoms with E-state index in [4.69, 9.17) is 0 Å². The summed E-state index contributed by atoms with van der Waals surface area (Å²) in [4.78, 5) is 11.7. The van der Waals surface area contributed by atoms with Crippen molar-refractivity contribution < 1.29 is 4.79 Å². The third-order valence-electron chi connectivity index (χ3n) is 4.94. The summed E-state index contributed by atoms with van der Waals surface area (Å²) in [5, 5.41) is 4.58. The molecule has 2 aliphatic carbocycles. The molecule has 120 valence electrons. The molecule has 0 spiro atoms. The second-order valence-electron chi connectivity index (χ2n) is 7.58. The second-order valence-corrected chi connectivity index (χ2v) is 7.58. The monoisotopic (exact) mass is 308 g/mol. The van der Waals surface area contributed by atoms with Crippen LogP contribution in [0.1, 0.15) is 51.8 Å². The minimum atomic E-state index is 0.0234. The maximum absolute atomic E-state index is 11.7. The number of nitrogens with zero attached hydrogens (tertiary/aromatic N) is 2. The van der Waals surface area contributed by atoms with Crippen LogP contribution < -0.4 is 0 Å². The molecule has 0 radical (unpaired) electrons. The van der Waals surface area contributed by atoms with Gasteiger partial charge in [-0.3, -0.25) is 9.48 Å². The number of aromatic nitrogens is 2. The summed E-state index contributed by atoms with van der Waals surface area (Å²) in [6.45, 7) is 6.17. The average Bonchev–Trinajstić information content (AvgIpc) is 3.08. The Kier molecular flexibility index (Phi) is 4.18. The number of carbonyl (C=O) groups excluding carboxylic acids is 1. The van der Waals surface area contributed by atoms with Gasteiger partial charge in [0.15, 0.2) is 0 Å². The van der Waals surface area contributed by atoms with E-state index in [1.165, 1.54) is 11.0 Å². The molecule has 0 amide bonds. The highest BCUT2D eigenvalue weighted by atomic mass is 16.1. The Balaban J connectivity index is 1.92. The van der Waals surface area contributed by atoms with Crippen LogP contribution in [-0.2, 0) is 4.79 Å². The molecule has 3 nitrogen and oxygen atoms in total. The van der Waals surface area contributed by atoms with Crippen molar-refractivity contribution in [3.8, 4) is 0 Å². The molecular formula is C19H25BN2O. The van der Waals surface area contributed by atoms with Crippen LogP contribution in [0, 0.1) is 11.3 Å². The van der Waals surface area contributed by atoms with Crippen molar-refractivity contribution in [2.75, 3.05) is 0 Å². The second kappa shape index (κ2) is 5.99. The first kappa shape index (κ1) is 16.0. The number of hydrogen-bond acceptors (Lipinski definition) is 2. The molecule has 4 heteroatoms. The molecule has 0 bridgehead atoms. The van der Waals surface area contributed by atoms with Gasteiger partial charge in [0.2, 0.25) is 0 Å². The summed E-state index contributed by atoms with van der Waals surface area (Å²) in [6.07, 6.45) is 13.8. The predicted octanol–water partition coefficient (Wildman–Crippen LogP) is 3.31. The van der Waals surface area contributed by atoms with Crippen LogP contribution in [0.2, 0.25) is 0 Å². The molecule has 1 heterocycles. The van der Waals surface area contributed by atoms with Crippen molar-refractivity contribution in [3.05, 3.63) is 47.7 Å². The third kappa shape index (κ3) is 3.41. The van der Waals surface area contributed by atoms with E-state index in [1.807, 2.05) is 6.20 Å². The lowest BCUT2D eigenvalue weighted by atomic mass is 9.85. The van der Waals surface area contributed by atoms with Gasteiger partial charge in [-0.15, -0.1) is 0 Å². The van der Waals surface area contributed by atoms with Gasteiger partial charge >= 0.3 is 0 Å². The fraction of sp³-hybridized carbons (Fsp3) is 0.474. The number of allylic oxidation sites excluding steroid dienone is 6. The predicted molar refractivity (Wildman–Crippen MR) is 96.8 cm³/mol. The van der Waals surface area contributed by atoms with Gasteiger partial charge in [-0.25, -0.2) is 0 Å². The van der Waals surface area contributed by atoms with E-state index in [2.05, 4.69) is 61.8 Å². The van der Waals surface area contributed by atoms with E-state index in [0.717, 1.165) is 25.0 Å². The Morgan fingerprint density at radius 2 is 2.09 bits per heavy atom. The van der Waals surface area contributed by atoms with Crippen molar-refractivity contribution in [1.29, 1.82) is 0 Å². The molecule has 23 heavy (non-hydrogen) atoms. The van der Waals surface area contributed by atoms with Gasteiger partial charge < -0.3 is 0 Å². The van der Waals surface area contributed by atoms with Gasteiger partial charge in [-0.2, -0.15) is 5.10 Å². The molecule has 3 rings (SSSR count). The average molecular weight is 308 g/mol. The van der Waals surface area contributed by atoms with Gasteiger partial charge in [-0.05, 0) is 37.8 Å². The SMILES string of the molecule is BC1=CC(C)(C)C=C(c2ccnn2C2CC[C@H](C(C)=O)C2)C=C1. The highest BCUT2D eigenvalue weighted by Gasteiger charge is 2.30. The number of ketones is 1. The number of hydrogen-bond donors (Lipinski definition) is 0. The highest BCUT2D eigenvalue weighted by molar-refractivity contribution is 6.23. The quantitative estimate of drug-likeness (QED) is 0.803. The first-order valence-electron chi connectivity index (χ1n) is 8.50. The van der Waals surface area contributed by atoms with Gasteiger partial charge in [0.1, 0.15) is 13.6 Å². The Labute approximate surface area is 139 Å². The smallest absolute Gasteiger partial charge is 0.138 e. The van der Waals surface area contributed by atoms with Crippen molar-refractivity contribution >= 4 is 19.2 Å². The third-order valence-corrected chi connectivity index (χ3v) is 4.94. The summed E-state index contributed by atoms with van der Waals surface area (Å²) in [6, 6.07) is 2.43. The summed E-state index contributed by atoms with van der Waals surface area (Å²) in [7, 11) is 2.14.